The van der Waals surface area contributed by atoms with E-state index in [1.807, 2.05) is 4.90 Å². The standard InChI is InChI=1S/C22H40N4O3/c1-3-4-14-23-21(28)18-13-12-17(2)26(16-18)20(27)11-8-15-24-22(29)25-19-9-6-5-7-10-19/h17-19H,3-16H2,1-2H3,(H,23,28)(H2,24,25,29). The summed E-state index contributed by atoms with van der Waals surface area (Å²) in [6, 6.07) is 0.337. The molecule has 3 N–H and O–H groups in total. The highest BCUT2D eigenvalue weighted by Crippen LogP contribution is 2.23. The largest absolute Gasteiger partial charge is 0.356 e. The number of amides is 4. The molecule has 1 heterocycles. The molecule has 0 spiro atoms. The smallest absolute Gasteiger partial charge is 0.315 e. The summed E-state index contributed by atoms with van der Waals surface area (Å²) < 4.78 is 0. The van der Waals surface area contributed by atoms with Crippen molar-refractivity contribution in [1.29, 1.82) is 0 Å². The number of rotatable bonds is 9. The van der Waals surface area contributed by atoms with Crippen LogP contribution >= 0.6 is 0 Å². The van der Waals surface area contributed by atoms with Crippen LogP contribution in [0.4, 0.5) is 4.79 Å². The lowest BCUT2D eigenvalue weighted by molar-refractivity contribution is -0.138. The van der Waals surface area contributed by atoms with Crippen LogP contribution in [0, 0.1) is 5.92 Å². The Morgan fingerprint density at radius 1 is 0.931 bits per heavy atom. The van der Waals surface area contributed by atoms with E-state index in [-0.39, 0.29) is 29.8 Å². The molecule has 0 aromatic carbocycles. The molecule has 0 aromatic heterocycles. The van der Waals surface area contributed by atoms with E-state index in [4.69, 9.17) is 0 Å². The third-order valence-corrected chi connectivity index (χ3v) is 6.20. The lowest BCUT2D eigenvalue weighted by atomic mass is 9.92. The summed E-state index contributed by atoms with van der Waals surface area (Å²) in [7, 11) is 0. The third-order valence-electron chi connectivity index (χ3n) is 6.20. The summed E-state index contributed by atoms with van der Waals surface area (Å²) in [5.41, 5.74) is 0. The van der Waals surface area contributed by atoms with E-state index >= 15 is 0 Å². The fourth-order valence-corrected chi connectivity index (χ4v) is 4.27. The molecule has 2 fully saturated rings. The van der Waals surface area contributed by atoms with Gasteiger partial charge in [-0.2, -0.15) is 0 Å². The molecule has 166 valence electrons. The first-order valence-electron chi connectivity index (χ1n) is 11.6. The molecule has 1 saturated carbocycles. The summed E-state index contributed by atoms with van der Waals surface area (Å²) >= 11 is 0. The zero-order chi connectivity index (χ0) is 21.1. The first-order valence-corrected chi connectivity index (χ1v) is 11.6. The van der Waals surface area contributed by atoms with Crippen molar-refractivity contribution in [3.63, 3.8) is 0 Å². The number of hydrogen-bond acceptors (Lipinski definition) is 3. The number of likely N-dealkylation sites (tertiary alicyclic amines) is 1. The van der Waals surface area contributed by atoms with Gasteiger partial charge in [-0.3, -0.25) is 9.59 Å². The van der Waals surface area contributed by atoms with E-state index in [1.54, 1.807) is 0 Å². The van der Waals surface area contributed by atoms with Gasteiger partial charge in [-0.25, -0.2) is 4.79 Å². The molecule has 0 bridgehead atoms. The Morgan fingerprint density at radius 2 is 1.66 bits per heavy atom. The number of piperidine rings is 1. The number of carbonyl (C=O) groups excluding carboxylic acids is 3. The molecule has 29 heavy (non-hydrogen) atoms. The van der Waals surface area contributed by atoms with Crippen LogP contribution in [-0.2, 0) is 9.59 Å². The highest BCUT2D eigenvalue weighted by Gasteiger charge is 2.32. The molecule has 7 heteroatoms. The fourth-order valence-electron chi connectivity index (χ4n) is 4.27. The van der Waals surface area contributed by atoms with Crippen LogP contribution in [0.15, 0.2) is 0 Å². The van der Waals surface area contributed by atoms with E-state index in [2.05, 4.69) is 29.8 Å². The summed E-state index contributed by atoms with van der Waals surface area (Å²) in [6.45, 7) is 5.87. The summed E-state index contributed by atoms with van der Waals surface area (Å²) in [5.74, 6) is 0.0497. The predicted octanol–water partition coefficient (Wildman–Crippen LogP) is 2.94. The molecule has 1 aliphatic heterocycles. The van der Waals surface area contributed by atoms with Gasteiger partial charge in [0.05, 0.1) is 5.92 Å². The van der Waals surface area contributed by atoms with Gasteiger partial charge in [-0.15, -0.1) is 0 Å². The zero-order valence-electron chi connectivity index (χ0n) is 18.3. The van der Waals surface area contributed by atoms with Crippen molar-refractivity contribution in [2.45, 2.75) is 96.6 Å². The molecule has 2 atom stereocenters. The van der Waals surface area contributed by atoms with Crippen LogP contribution in [0.1, 0.15) is 84.5 Å². The molecule has 2 aliphatic rings. The molecule has 1 saturated heterocycles. The lowest BCUT2D eigenvalue weighted by Crippen LogP contribution is -2.49. The average molecular weight is 409 g/mol. The Balaban J connectivity index is 1.66. The van der Waals surface area contributed by atoms with Crippen LogP contribution in [0.2, 0.25) is 0 Å². The van der Waals surface area contributed by atoms with Crippen molar-refractivity contribution in [3.8, 4) is 0 Å². The minimum absolute atomic E-state index is 0.0733. The highest BCUT2D eigenvalue weighted by atomic mass is 16.2. The normalized spacial score (nSPS) is 22.8. The first kappa shape index (κ1) is 23.5. The van der Waals surface area contributed by atoms with Gasteiger partial charge in [0, 0.05) is 38.1 Å². The maximum absolute atomic E-state index is 12.7. The topological polar surface area (TPSA) is 90.5 Å². The van der Waals surface area contributed by atoms with Crippen molar-refractivity contribution in [2.24, 2.45) is 5.92 Å². The minimum atomic E-state index is -0.125. The van der Waals surface area contributed by atoms with Gasteiger partial charge in [-0.05, 0) is 45.4 Å². The first-order chi connectivity index (χ1) is 14.0. The lowest BCUT2D eigenvalue weighted by Gasteiger charge is -2.37. The molecular formula is C22H40N4O3. The van der Waals surface area contributed by atoms with Gasteiger partial charge in [0.25, 0.3) is 0 Å². The molecule has 2 unspecified atom stereocenters. The van der Waals surface area contributed by atoms with Crippen molar-refractivity contribution in [3.05, 3.63) is 0 Å². The maximum Gasteiger partial charge on any atom is 0.315 e. The number of urea groups is 1. The van der Waals surface area contributed by atoms with Gasteiger partial charge in [0.15, 0.2) is 0 Å². The van der Waals surface area contributed by atoms with Gasteiger partial charge >= 0.3 is 6.03 Å². The van der Waals surface area contributed by atoms with Crippen LogP contribution in [-0.4, -0.2) is 54.5 Å². The van der Waals surface area contributed by atoms with Gasteiger partial charge in [-0.1, -0.05) is 32.6 Å². The number of nitrogens with zero attached hydrogens (tertiary/aromatic N) is 1. The highest BCUT2D eigenvalue weighted by molar-refractivity contribution is 5.81. The molecule has 7 nitrogen and oxygen atoms in total. The Labute approximate surface area is 175 Å². The minimum Gasteiger partial charge on any atom is -0.356 e. The summed E-state index contributed by atoms with van der Waals surface area (Å²) in [5, 5.41) is 8.89. The Morgan fingerprint density at radius 3 is 2.38 bits per heavy atom. The van der Waals surface area contributed by atoms with E-state index in [9.17, 15) is 14.4 Å². The Kier molecular flexibility index (Phi) is 10.3. The van der Waals surface area contributed by atoms with Gasteiger partial charge < -0.3 is 20.9 Å². The SMILES string of the molecule is CCCCNC(=O)C1CCC(C)N(C(=O)CCCNC(=O)NC2CCCCC2)C1. The van der Waals surface area contributed by atoms with Crippen molar-refractivity contribution >= 4 is 17.8 Å². The van der Waals surface area contributed by atoms with Crippen LogP contribution in [0.3, 0.4) is 0 Å². The van der Waals surface area contributed by atoms with Gasteiger partial charge in [0.1, 0.15) is 0 Å². The quantitative estimate of drug-likeness (QED) is 0.512. The van der Waals surface area contributed by atoms with Crippen molar-refractivity contribution < 1.29 is 14.4 Å². The second-order valence-electron chi connectivity index (χ2n) is 8.65. The number of carbonyl (C=O) groups is 3. The Bertz CT molecular complexity index is 534. The average Bonchev–Trinajstić information content (AvgIpc) is 2.72. The molecule has 1 aliphatic carbocycles. The van der Waals surface area contributed by atoms with Crippen LogP contribution in [0.25, 0.3) is 0 Å². The van der Waals surface area contributed by atoms with Crippen LogP contribution in [0.5, 0.6) is 0 Å². The molecule has 4 amide bonds. The molecule has 0 radical (unpaired) electrons. The molecular weight excluding hydrogens is 368 g/mol. The maximum atomic E-state index is 12.7. The van der Waals surface area contributed by atoms with Crippen LogP contribution < -0.4 is 16.0 Å². The predicted molar refractivity (Wildman–Crippen MR) is 114 cm³/mol. The van der Waals surface area contributed by atoms with E-state index in [0.29, 0.717) is 38.5 Å². The van der Waals surface area contributed by atoms with Crippen molar-refractivity contribution in [2.75, 3.05) is 19.6 Å². The van der Waals surface area contributed by atoms with Gasteiger partial charge in [0.2, 0.25) is 11.8 Å². The number of unbranched alkanes of at least 4 members (excludes halogenated alkanes) is 1. The number of nitrogens with one attached hydrogen (secondary N) is 3. The second-order valence-corrected chi connectivity index (χ2v) is 8.65. The van der Waals surface area contributed by atoms with E-state index in [1.165, 1.54) is 19.3 Å². The fraction of sp³-hybridized carbons (Fsp3) is 0.864. The zero-order valence-corrected chi connectivity index (χ0v) is 18.3. The summed E-state index contributed by atoms with van der Waals surface area (Å²) in [4.78, 5) is 38.8. The van der Waals surface area contributed by atoms with Crippen molar-refractivity contribution in [1.82, 2.24) is 20.9 Å². The van der Waals surface area contributed by atoms with E-state index < -0.39 is 0 Å². The summed E-state index contributed by atoms with van der Waals surface area (Å²) in [6.07, 6.45) is 10.5. The third kappa shape index (κ3) is 8.23. The Hall–Kier alpha value is -1.79. The number of hydrogen-bond donors (Lipinski definition) is 3. The second kappa shape index (κ2) is 12.7. The molecule has 0 aromatic rings. The molecule has 2 rings (SSSR count). The van der Waals surface area contributed by atoms with E-state index in [0.717, 1.165) is 38.5 Å². The monoisotopic (exact) mass is 408 g/mol.